The van der Waals surface area contributed by atoms with Crippen LogP contribution in [0.4, 0.5) is 0 Å². The molecule has 6 heteroatoms. The lowest BCUT2D eigenvalue weighted by Crippen LogP contribution is -2.47. The van der Waals surface area contributed by atoms with E-state index < -0.39 is 8.80 Å². The lowest BCUT2D eigenvalue weighted by atomic mass is 9.81. The van der Waals surface area contributed by atoms with E-state index in [1.54, 1.807) is 21.3 Å². The largest absolute Gasteiger partial charge is 0.500 e. The number of rotatable bonds is 7. The minimum Gasteiger partial charge on any atom is -0.391 e. The van der Waals surface area contributed by atoms with E-state index in [-0.39, 0.29) is 12.1 Å². The van der Waals surface area contributed by atoms with Crippen LogP contribution in [0.15, 0.2) is 0 Å². The molecule has 0 heterocycles. The molecule has 0 aliphatic heterocycles. The van der Waals surface area contributed by atoms with Gasteiger partial charge in [0.15, 0.2) is 0 Å². The van der Waals surface area contributed by atoms with Gasteiger partial charge >= 0.3 is 8.80 Å². The van der Waals surface area contributed by atoms with Gasteiger partial charge in [-0.3, -0.25) is 0 Å². The maximum Gasteiger partial charge on any atom is 0.500 e. The first-order valence-corrected chi connectivity index (χ1v) is 8.56. The van der Waals surface area contributed by atoms with Crippen molar-refractivity contribution in [3.8, 4) is 0 Å². The van der Waals surface area contributed by atoms with Gasteiger partial charge in [-0.25, -0.2) is 0 Å². The van der Waals surface area contributed by atoms with Crippen molar-refractivity contribution in [2.75, 3.05) is 28.4 Å². The van der Waals surface area contributed by atoms with Gasteiger partial charge in [0.05, 0.1) is 6.10 Å². The molecule has 0 aromatic carbocycles. The van der Waals surface area contributed by atoms with Crippen molar-refractivity contribution in [1.29, 1.82) is 0 Å². The molecule has 0 aromatic rings. The highest BCUT2D eigenvalue weighted by Gasteiger charge is 2.40. The summed E-state index contributed by atoms with van der Waals surface area (Å²) in [7, 11) is 4.31. The first kappa shape index (κ1) is 16.1. The molecule has 18 heavy (non-hydrogen) atoms. The van der Waals surface area contributed by atoms with Crippen LogP contribution in [-0.2, 0) is 13.3 Å². The Morgan fingerprint density at radius 3 is 2.28 bits per heavy atom. The van der Waals surface area contributed by atoms with Crippen LogP contribution in [0.1, 0.15) is 25.7 Å². The Labute approximate surface area is 111 Å². The molecule has 0 bridgehead atoms. The van der Waals surface area contributed by atoms with Gasteiger partial charge in [-0.2, -0.15) is 0 Å². The molecule has 3 unspecified atom stereocenters. The van der Waals surface area contributed by atoms with Crippen LogP contribution < -0.4 is 5.32 Å². The van der Waals surface area contributed by atoms with Gasteiger partial charge in [0.1, 0.15) is 0 Å². The van der Waals surface area contributed by atoms with Gasteiger partial charge < -0.3 is 23.7 Å². The van der Waals surface area contributed by atoms with E-state index in [2.05, 4.69) is 5.32 Å². The topological polar surface area (TPSA) is 60.0 Å². The SMILES string of the molecule is CNC1CCCC(CC[Si](OC)(OC)OC)C1O. The van der Waals surface area contributed by atoms with E-state index in [1.165, 1.54) is 0 Å². The second-order valence-electron chi connectivity index (χ2n) is 4.91. The number of aliphatic hydroxyl groups is 1. The molecule has 0 spiro atoms. The number of likely N-dealkylation sites (N-methyl/N-ethyl adjacent to an activating group) is 1. The Morgan fingerprint density at radius 1 is 1.17 bits per heavy atom. The maximum atomic E-state index is 10.3. The van der Waals surface area contributed by atoms with E-state index in [1.807, 2.05) is 7.05 Å². The van der Waals surface area contributed by atoms with Gasteiger partial charge in [0.2, 0.25) is 0 Å². The van der Waals surface area contributed by atoms with E-state index >= 15 is 0 Å². The summed E-state index contributed by atoms with van der Waals surface area (Å²) < 4.78 is 16.2. The zero-order valence-corrected chi connectivity index (χ0v) is 12.9. The first-order valence-electron chi connectivity index (χ1n) is 6.63. The molecule has 1 fully saturated rings. The van der Waals surface area contributed by atoms with Gasteiger partial charge in [0, 0.05) is 33.4 Å². The molecule has 1 aliphatic carbocycles. The number of hydrogen-bond acceptors (Lipinski definition) is 5. The van der Waals surface area contributed by atoms with Crippen LogP contribution in [0.3, 0.4) is 0 Å². The molecule has 2 N–H and O–H groups in total. The summed E-state index contributed by atoms with van der Waals surface area (Å²) in [4.78, 5) is 0. The Kier molecular flexibility index (Phi) is 6.76. The molecular weight excluding hydrogens is 250 g/mol. The predicted octanol–water partition coefficient (Wildman–Crippen LogP) is 1.00. The van der Waals surface area contributed by atoms with Crippen molar-refractivity contribution >= 4 is 8.80 Å². The third kappa shape index (κ3) is 3.75. The fourth-order valence-corrected chi connectivity index (χ4v) is 4.66. The fourth-order valence-electron chi connectivity index (χ4n) is 2.82. The minimum absolute atomic E-state index is 0.215. The normalized spacial score (nSPS) is 29.5. The van der Waals surface area contributed by atoms with E-state index in [9.17, 15) is 5.11 Å². The Bertz CT molecular complexity index is 230. The molecular formula is C12H27NO4Si. The molecule has 1 rings (SSSR count). The third-order valence-electron chi connectivity index (χ3n) is 4.11. The predicted molar refractivity (Wildman–Crippen MR) is 72.4 cm³/mol. The number of aliphatic hydroxyl groups excluding tert-OH is 1. The van der Waals surface area contributed by atoms with Crippen molar-refractivity contribution in [1.82, 2.24) is 5.32 Å². The van der Waals surface area contributed by atoms with Gasteiger partial charge in [-0.05, 0) is 32.2 Å². The lowest BCUT2D eigenvalue weighted by Gasteiger charge is -2.36. The lowest BCUT2D eigenvalue weighted by molar-refractivity contribution is 0.0348. The minimum atomic E-state index is -2.49. The van der Waals surface area contributed by atoms with Crippen molar-refractivity contribution in [2.24, 2.45) is 5.92 Å². The number of nitrogens with one attached hydrogen (secondary N) is 1. The highest BCUT2D eigenvalue weighted by atomic mass is 28.4. The molecule has 0 amide bonds. The molecule has 1 aliphatic rings. The molecule has 1 saturated carbocycles. The quantitative estimate of drug-likeness (QED) is 0.680. The zero-order valence-electron chi connectivity index (χ0n) is 11.9. The van der Waals surface area contributed by atoms with Crippen LogP contribution in [0.5, 0.6) is 0 Å². The van der Waals surface area contributed by atoms with Gasteiger partial charge in [-0.1, -0.05) is 6.42 Å². The highest BCUT2D eigenvalue weighted by molar-refractivity contribution is 6.60. The molecule has 0 radical (unpaired) electrons. The van der Waals surface area contributed by atoms with Gasteiger partial charge in [-0.15, -0.1) is 0 Å². The zero-order chi connectivity index (χ0) is 13.6. The third-order valence-corrected chi connectivity index (χ3v) is 6.88. The van der Waals surface area contributed by atoms with E-state index in [0.717, 1.165) is 31.7 Å². The van der Waals surface area contributed by atoms with Gasteiger partial charge in [0.25, 0.3) is 0 Å². The molecule has 5 nitrogen and oxygen atoms in total. The summed E-state index contributed by atoms with van der Waals surface area (Å²) in [5.74, 6) is 0.309. The summed E-state index contributed by atoms with van der Waals surface area (Å²) in [6.45, 7) is 0. The van der Waals surface area contributed by atoms with Crippen LogP contribution in [-0.4, -0.2) is 54.4 Å². The van der Waals surface area contributed by atoms with Crippen molar-refractivity contribution in [3.63, 3.8) is 0 Å². The summed E-state index contributed by atoms with van der Waals surface area (Å²) in [5, 5.41) is 13.5. The fraction of sp³-hybridized carbons (Fsp3) is 1.00. The van der Waals surface area contributed by atoms with Crippen LogP contribution in [0, 0.1) is 5.92 Å². The summed E-state index contributed by atoms with van der Waals surface area (Å²) in [6.07, 6.45) is 3.90. The number of hydrogen-bond donors (Lipinski definition) is 2. The van der Waals surface area contributed by atoms with Crippen molar-refractivity contribution in [3.05, 3.63) is 0 Å². The average Bonchev–Trinajstić information content (AvgIpc) is 2.42. The van der Waals surface area contributed by atoms with Crippen LogP contribution >= 0.6 is 0 Å². The second-order valence-corrected chi connectivity index (χ2v) is 8.00. The Balaban J connectivity index is 2.51. The molecule has 108 valence electrons. The Morgan fingerprint density at radius 2 is 1.78 bits per heavy atom. The standard InChI is InChI=1S/C12H27NO4Si/c1-13-11-7-5-6-10(12(11)14)8-9-18(15-2,16-3)17-4/h10-14H,5-9H2,1-4H3. The van der Waals surface area contributed by atoms with Crippen LogP contribution in [0.25, 0.3) is 0 Å². The summed E-state index contributed by atoms with van der Waals surface area (Å²) in [5.41, 5.74) is 0. The smallest absolute Gasteiger partial charge is 0.391 e. The summed E-state index contributed by atoms with van der Waals surface area (Å²) >= 11 is 0. The first-order chi connectivity index (χ1) is 8.62. The van der Waals surface area contributed by atoms with Crippen molar-refractivity contribution in [2.45, 2.75) is 43.9 Å². The second kappa shape index (κ2) is 7.57. The average molecular weight is 277 g/mol. The maximum absolute atomic E-state index is 10.3. The monoisotopic (exact) mass is 277 g/mol. The van der Waals surface area contributed by atoms with E-state index in [4.69, 9.17) is 13.3 Å². The van der Waals surface area contributed by atoms with Crippen molar-refractivity contribution < 1.29 is 18.4 Å². The molecule has 3 atom stereocenters. The summed E-state index contributed by atoms with van der Waals surface area (Å²) in [6, 6.07) is 0.974. The molecule has 0 saturated heterocycles. The Hall–Kier alpha value is 0.0169. The van der Waals surface area contributed by atoms with Crippen LogP contribution in [0.2, 0.25) is 6.04 Å². The highest BCUT2D eigenvalue weighted by Crippen LogP contribution is 2.30. The van der Waals surface area contributed by atoms with E-state index in [0.29, 0.717) is 5.92 Å². The molecule has 0 aromatic heterocycles.